The van der Waals surface area contributed by atoms with E-state index in [9.17, 15) is 5.11 Å². The predicted molar refractivity (Wildman–Crippen MR) is 58.9 cm³/mol. The van der Waals surface area contributed by atoms with Gasteiger partial charge in [0.15, 0.2) is 4.34 Å². The summed E-state index contributed by atoms with van der Waals surface area (Å²) in [6.45, 7) is 1.72. The zero-order chi connectivity index (χ0) is 10.7. The maximum absolute atomic E-state index is 9.30. The lowest BCUT2D eigenvalue weighted by atomic mass is 10.2. The van der Waals surface area contributed by atoms with E-state index in [4.69, 9.17) is 0 Å². The van der Waals surface area contributed by atoms with E-state index in [1.165, 1.54) is 23.1 Å². The number of aromatic nitrogens is 3. The van der Waals surface area contributed by atoms with Crippen LogP contribution >= 0.6 is 23.1 Å². The van der Waals surface area contributed by atoms with Crippen molar-refractivity contribution < 1.29 is 5.11 Å². The summed E-state index contributed by atoms with van der Waals surface area (Å²) in [4.78, 5) is 4.22. The number of pyridine rings is 1. The zero-order valence-corrected chi connectivity index (χ0v) is 9.63. The third-order valence-electron chi connectivity index (χ3n) is 1.77. The normalized spacial score (nSPS) is 12.7. The van der Waals surface area contributed by atoms with Crippen molar-refractivity contribution in [2.24, 2.45) is 0 Å². The average Bonchev–Trinajstić information content (AvgIpc) is 2.71. The second-order valence-electron chi connectivity index (χ2n) is 2.91. The Morgan fingerprint density at radius 3 is 2.87 bits per heavy atom. The molecule has 0 aliphatic heterocycles. The molecule has 0 aromatic carbocycles. The average molecular weight is 239 g/mol. The number of hydrogen-bond acceptors (Lipinski definition) is 6. The fourth-order valence-electron chi connectivity index (χ4n) is 0.996. The highest BCUT2D eigenvalue weighted by Crippen LogP contribution is 2.27. The van der Waals surface area contributed by atoms with Crippen LogP contribution < -0.4 is 0 Å². The summed E-state index contributed by atoms with van der Waals surface area (Å²) in [6, 6.07) is 3.73. The predicted octanol–water partition coefficient (Wildman–Crippen LogP) is 2.14. The molecule has 0 amide bonds. The molecule has 78 valence electrons. The molecule has 15 heavy (non-hydrogen) atoms. The molecule has 1 atom stereocenters. The molecule has 6 heteroatoms. The van der Waals surface area contributed by atoms with Gasteiger partial charge < -0.3 is 5.11 Å². The summed E-state index contributed by atoms with van der Waals surface area (Å²) in [7, 11) is 0. The summed E-state index contributed by atoms with van der Waals surface area (Å²) in [6.07, 6.45) is 1.20. The smallest absolute Gasteiger partial charge is 0.180 e. The molecular formula is C9H9N3OS2. The molecule has 0 fully saturated rings. The minimum Gasteiger partial charge on any atom is -0.389 e. The van der Waals surface area contributed by atoms with Crippen molar-refractivity contribution >= 4 is 23.1 Å². The van der Waals surface area contributed by atoms with Crippen LogP contribution in [0.5, 0.6) is 0 Å². The Morgan fingerprint density at radius 1 is 1.47 bits per heavy atom. The van der Waals surface area contributed by atoms with Gasteiger partial charge in [0.1, 0.15) is 10.5 Å². The van der Waals surface area contributed by atoms with Crippen molar-refractivity contribution in [2.45, 2.75) is 22.4 Å². The largest absolute Gasteiger partial charge is 0.389 e. The molecule has 0 aliphatic carbocycles. The number of nitrogens with zero attached hydrogens (tertiary/aromatic N) is 3. The summed E-state index contributed by atoms with van der Waals surface area (Å²) in [5, 5.41) is 17.8. The lowest BCUT2D eigenvalue weighted by Gasteiger charge is -2.03. The van der Waals surface area contributed by atoms with Gasteiger partial charge in [0.2, 0.25) is 0 Å². The van der Waals surface area contributed by atoms with Gasteiger partial charge in [-0.25, -0.2) is 4.98 Å². The van der Waals surface area contributed by atoms with Gasteiger partial charge in [0, 0.05) is 6.20 Å². The first-order chi connectivity index (χ1) is 7.25. The Hall–Kier alpha value is -0.980. The molecule has 0 radical (unpaired) electrons. The maximum atomic E-state index is 9.30. The molecule has 1 N–H and O–H groups in total. The SMILES string of the molecule is C[C@@H](O)c1ccc(Sc2nncs2)nc1. The fraction of sp³-hybridized carbons (Fsp3) is 0.222. The van der Waals surface area contributed by atoms with E-state index in [0.717, 1.165) is 14.9 Å². The number of hydrogen-bond donors (Lipinski definition) is 1. The Balaban J connectivity index is 2.11. The van der Waals surface area contributed by atoms with Crippen molar-refractivity contribution in [1.29, 1.82) is 0 Å². The standard InChI is InChI=1S/C9H9N3OS2/c1-6(13)7-2-3-8(10-4-7)15-9-12-11-5-14-9/h2-6,13H,1H3/t6-/m1/s1. The van der Waals surface area contributed by atoms with E-state index < -0.39 is 6.10 Å². The maximum Gasteiger partial charge on any atom is 0.180 e. The molecule has 2 aromatic rings. The van der Waals surface area contributed by atoms with Crippen LogP contribution in [0.15, 0.2) is 33.2 Å². The van der Waals surface area contributed by atoms with E-state index >= 15 is 0 Å². The van der Waals surface area contributed by atoms with E-state index in [0.29, 0.717) is 0 Å². The molecule has 0 aliphatic rings. The van der Waals surface area contributed by atoms with E-state index in [2.05, 4.69) is 15.2 Å². The lowest BCUT2D eigenvalue weighted by molar-refractivity contribution is 0.198. The number of aliphatic hydroxyl groups excluding tert-OH is 1. The van der Waals surface area contributed by atoms with Crippen LogP contribution in [-0.4, -0.2) is 20.3 Å². The molecule has 0 saturated heterocycles. The summed E-state index contributed by atoms with van der Waals surface area (Å²) in [5.74, 6) is 0. The van der Waals surface area contributed by atoms with Crippen molar-refractivity contribution in [3.8, 4) is 0 Å². The van der Waals surface area contributed by atoms with Crippen LogP contribution in [-0.2, 0) is 0 Å². The molecule has 0 spiro atoms. The Kier molecular flexibility index (Phi) is 3.30. The molecule has 2 heterocycles. The molecule has 0 unspecified atom stereocenters. The fourth-order valence-corrected chi connectivity index (χ4v) is 2.36. The first-order valence-electron chi connectivity index (χ1n) is 4.34. The van der Waals surface area contributed by atoms with Gasteiger partial charge in [-0.1, -0.05) is 17.4 Å². The van der Waals surface area contributed by atoms with E-state index in [1.54, 1.807) is 18.6 Å². The van der Waals surface area contributed by atoms with Gasteiger partial charge in [0.25, 0.3) is 0 Å². The van der Waals surface area contributed by atoms with Crippen LogP contribution in [0.1, 0.15) is 18.6 Å². The van der Waals surface area contributed by atoms with Crippen molar-refractivity contribution in [2.75, 3.05) is 0 Å². The molecule has 0 saturated carbocycles. The van der Waals surface area contributed by atoms with Crippen LogP contribution in [0.3, 0.4) is 0 Å². The van der Waals surface area contributed by atoms with Crippen molar-refractivity contribution in [3.63, 3.8) is 0 Å². The van der Waals surface area contributed by atoms with Gasteiger partial charge in [-0.2, -0.15) is 0 Å². The highest BCUT2D eigenvalue weighted by molar-refractivity contribution is 8.00. The monoisotopic (exact) mass is 239 g/mol. The second kappa shape index (κ2) is 4.69. The van der Waals surface area contributed by atoms with Gasteiger partial charge >= 0.3 is 0 Å². The van der Waals surface area contributed by atoms with E-state index in [1.807, 2.05) is 12.1 Å². The third-order valence-corrected chi connectivity index (χ3v) is 3.50. The minimum atomic E-state index is -0.474. The van der Waals surface area contributed by atoms with E-state index in [-0.39, 0.29) is 0 Å². The molecular weight excluding hydrogens is 230 g/mol. The first kappa shape index (κ1) is 10.5. The summed E-state index contributed by atoms with van der Waals surface area (Å²) in [5.41, 5.74) is 2.50. The first-order valence-corrected chi connectivity index (χ1v) is 6.03. The topological polar surface area (TPSA) is 58.9 Å². The molecule has 0 bridgehead atoms. The highest BCUT2D eigenvalue weighted by atomic mass is 32.2. The van der Waals surface area contributed by atoms with Crippen LogP contribution in [0.2, 0.25) is 0 Å². The van der Waals surface area contributed by atoms with Gasteiger partial charge in [-0.15, -0.1) is 10.2 Å². The molecule has 2 rings (SSSR count). The highest BCUT2D eigenvalue weighted by Gasteiger charge is 2.04. The Bertz CT molecular complexity index is 413. The lowest BCUT2D eigenvalue weighted by Crippen LogP contribution is -1.91. The quantitative estimate of drug-likeness (QED) is 0.889. The summed E-state index contributed by atoms with van der Waals surface area (Å²) < 4.78 is 0.868. The number of rotatable bonds is 3. The minimum absolute atomic E-state index is 0.474. The van der Waals surface area contributed by atoms with Crippen LogP contribution in [0.25, 0.3) is 0 Å². The second-order valence-corrected chi connectivity index (χ2v) is 5.01. The Morgan fingerprint density at radius 2 is 2.33 bits per heavy atom. The third kappa shape index (κ3) is 2.74. The summed E-state index contributed by atoms with van der Waals surface area (Å²) >= 11 is 2.95. The van der Waals surface area contributed by atoms with Gasteiger partial charge in [-0.05, 0) is 30.3 Å². The van der Waals surface area contributed by atoms with Crippen molar-refractivity contribution in [1.82, 2.24) is 15.2 Å². The van der Waals surface area contributed by atoms with Crippen LogP contribution in [0.4, 0.5) is 0 Å². The van der Waals surface area contributed by atoms with Gasteiger partial charge in [0.05, 0.1) is 6.10 Å². The zero-order valence-electron chi connectivity index (χ0n) is 7.99. The molecule has 2 aromatic heterocycles. The van der Waals surface area contributed by atoms with Crippen LogP contribution in [0, 0.1) is 0 Å². The molecule has 4 nitrogen and oxygen atoms in total. The number of aliphatic hydroxyl groups is 1. The van der Waals surface area contributed by atoms with Crippen molar-refractivity contribution in [3.05, 3.63) is 29.4 Å². The Labute approximate surface area is 95.4 Å². The van der Waals surface area contributed by atoms with Gasteiger partial charge in [-0.3, -0.25) is 0 Å².